The molecule has 0 bridgehead atoms. The Morgan fingerprint density at radius 3 is 2.31 bits per heavy atom. The van der Waals surface area contributed by atoms with Crippen LogP contribution in [-0.4, -0.2) is 40.0 Å². The first-order valence-corrected chi connectivity index (χ1v) is 12.8. The molecule has 2 aliphatic carbocycles. The van der Waals surface area contributed by atoms with Gasteiger partial charge in [0.05, 0.1) is 6.04 Å². The number of anilines is 1. The molecule has 1 heterocycles. The van der Waals surface area contributed by atoms with E-state index in [9.17, 15) is 4.79 Å². The molecule has 2 aromatic carbocycles. The number of amides is 1. The maximum Gasteiger partial charge on any atom is 0.225 e. The summed E-state index contributed by atoms with van der Waals surface area (Å²) in [5.74, 6) is 2.50. The van der Waals surface area contributed by atoms with Crippen LogP contribution in [0, 0.1) is 0 Å². The third-order valence-corrected chi connectivity index (χ3v) is 7.48. The van der Waals surface area contributed by atoms with Crippen molar-refractivity contribution >= 4 is 28.5 Å². The first-order valence-electron chi connectivity index (χ1n) is 11.8. The van der Waals surface area contributed by atoms with Crippen LogP contribution in [0.15, 0.2) is 59.6 Å². The van der Waals surface area contributed by atoms with E-state index in [1.807, 2.05) is 71.3 Å². The molecule has 1 aliphatic heterocycles. The molecule has 0 spiro atoms. The van der Waals surface area contributed by atoms with Crippen LogP contribution in [0.1, 0.15) is 51.9 Å². The lowest BCUT2D eigenvalue weighted by molar-refractivity contribution is -0.117. The minimum absolute atomic E-state index is 0.0215. The highest BCUT2D eigenvalue weighted by Crippen LogP contribution is 2.40. The van der Waals surface area contributed by atoms with Gasteiger partial charge in [-0.25, -0.2) is 0 Å². The number of hydrogen-bond acceptors (Lipinski definition) is 4. The van der Waals surface area contributed by atoms with E-state index in [1.54, 1.807) is 6.92 Å². The molecule has 168 valence electrons. The van der Waals surface area contributed by atoms with Gasteiger partial charge < -0.3 is 9.64 Å². The summed E-state index contributed by atoms with van der Waals surface area (Å²) in [6.45, 7) is 1.67. The lowest BCUT2D eigenvalue weighted by Gasteiger charge is -2.35. The van der Waals surface area contributed by atoms with Gasteiger partial charge in [0.1, 0.15) is 17.7 Å². The molecule has 32 heavy (non-hydrogen) atoms. The van der Waals surface area contributed by atoms with Crippen molar-refractivity contribution in [1.29, 1.82) is 0 Å². The van der Waals surface area contributed by atoms with Crippen LogP contribution in [0.5, 0.6) is 11.5 Å². The molecule has 1 amide bonds. The second-order valence-electron chi connectivity index (χ2n) is 8.93. The predicted molar refractivity (Wildman–Crippen MR) is 132 cm³/mol. The number of ether oxygens (including phenoxy) is 1. The zero-order valence-corrected chi connectivity index (χ0v) is 19.5. The Kier molecular flexibility index (Phi) is 6.39. The molecule has 0 radical (unpaired) electrons. The number of rotatable bonds is 6. The minimum atomic E-state index is 0.0215. The molecular weight excluding hydrogens is 418 g/mol. The maximum absolute atomic E-state index is 12.8. The standard InChI is InChI=1S/C26H31N3O2S/c1-19(30)28(21-14-16-24(17-15-21)31-23-10-6-3-7-11-23)25-18-32-26(29(25)22-12-13-22)27-20-8-4-2-5-9-20/h3,6-7,10-11,14-17,20,22,25H,2,4-5,8-9,12-13,18H2,1H3. The normalized spacial score (nSPS) is 22.8. The van der Waals surface area contributed by atoms with E-state index in [-0.39, 0.29) is 12.1 Å². The van der Waals surface area contributed by atoms with Crippen molar-refractivity contribution in [2.24, 2.45) is 4.99 Å². The molecule has 2 saturated carbocycles. The highest BCUT2D eigenvalue weighted by molar-refractivity contribution is 8.14. The summed E-state index contributed by atoms with van der Waals surface area (Å²) in [7, 11) is 0. The van der Waals surface area contributed by atoms with Crippen molar-refractivity contribution in [1.82, 2.24) is 4.90 Å². The lowest BCUT2D eigenvalue weighted by atomic mass is 9.96. The fraction of sp³-hybridized carbons (Fsp3) is 0.462. The number of hydrogen-bond donors (Lipinski definition) is 0. The third kappa shape index (κ3) is 4.80. The topological polar surface area (TPSA) is 45.1 Å². The number of aliphatic imine (C=N–C) groups is 1. The van der Waals surface area contributed by atoms with Crippen molar-refractivity contribution < 1.29 is 9.53 Å². The Balaban J connectivity index is 1.36. The molecule has 1 atom stereocenters. The summed E-state index contributed by atoms with van der Waals surface area (Å²) in [4.78, 5) is 22.4. The molecule has 0 N–H and O–H groups in total. The van der Waals surface area contributed by atoms with Crippen molar-refractivity contribution in [3.8, 4) is 11.5 Å². The molecule has 5 nitrogen and oxygen atoms in total. The van der Waals surface area contributed by atoms with Gasteiger partial charge in [0.25, 0.3) is 0 Å². The predicted octanol–water partition coefficient (Wildman–Crippen LogP) is 6.06. The molecule has 5 rings (SSSR count). The summed E-state index contributed by atoms with van der Waals surface area (Å²) < 4.78 is 5.93. The van der Waals surface area contributed by atoms with Crippen LogP contribution in [-0.2, 0) is 4.79 Å². The molecule has 1 saturated heterocycles. The third-order valence-electron chi connectivity index (χ3n) is 6.44. The Labute approximate surface area is 194 Å². The minimum Gasteiger partial charge on any atom is -0.457 e. The van der Waals surface area contributed by atoms with Gasteiger partial charge in [0.2, 0.25) is 5.91 Å². The van der Waals surface area contributed by atoms with Gasteiger partial charge in [0.15, 0.2) is 5.17 Å². The SMILES string of the molecule is CC(=O)N(c1ccc(Oc2ccccc2)cc1)C1CSC(=NC2CCCCC2)N1C1CC1. The second-order valence-corrected chi connectivity index (χ2v) is 9.92. The van der Waals surface area contributed by atoms with E-state index in [0.717, 1.165) is 28.1 Å². The van der Waals surface area contributed by atoms with Crippen LogP contribution in [0.2, 0.25) is 0 Å². The van der Waals surface area contributed by atoms with Gasteiger partial charge in [-0.1, -0.05) is 49.2 Å². The fourth-order valence-corrected chi connectivity index (χ4v) is 5.97. The molecule has 2 aromatic rings. The Bertz CT molecular complexity index is 953. The van der Waals surface area contributed by atoms with Crippen molar-refractivity contribution in [3.05, 3.63) is 54.6 Å². The Hall–Kier alpha value is -2.47. The van der Waals surface area contributed by atoms with Crippen LogP contribution < -0.4 is 9.64 Å². The maximum atomic E-state index is 12.8. The fourth-order valence-electron chi connectivity index (χ4n) is 4.72. The summed E-state index contributed by atoms with van der Waals surface area (Å²) in [5, 5.41) is 1.15. The Morgan fingerprint density at radius 2 is 1.66 bits per heavy atom. The van der Waals surface area contributed by atoms with Gasteiger partial charge in [-0.3, -0.25) is 14.7 Å². The molecule has 1 unspecified atom stereocenters. The van der Waals surface area contributed by atoms with Gasteiger partial charge in [-0.15, -0.1) is 0 Å². The number of amidine groups is 1. The van der Waals surface area contributed by atoms with Gasteiger partial charge in [0, 0.05) is 24.4 Å². The van der Waals surface area contributed by atoms with E-state index < -0.39 is 0 Å². The number of carbonyl (C=O) groups is 1. The first kappa shape index (κ1) is 21.4. The largest absolute Gasteiger partial charge is 0.457 e. The van der Waals surface area contributed by atoms with E-state index in [4.69, 9.17) is 9.73 Å². The van der Waals surface area contributed by atoms with E-state index in [2.05, 4.69) is 4.90 Å². The van der Waals surface area contributed by atoms with Crippen LogP contribution in [0.4, 0.5) is 5.69 Å². The highest BCUT2D eigenvalue weighted by Gasteiger charge is 2.44. The summed E-state index contributed by atoms with van der Waals surface area (Å²) in [5.41, 5.74) is 0.910. The van der Waals surface area contributed by atoms with Crippen LogP contribution in [0.3, 0.4) is 0 Å². The van der Waals surface area contributed by atoms with E-state index in [1.165, 1.54) is 44.9 Å². The average Bonchev–Trinajstić information content (AvgIpc) is 3.57. The van der Waals surface area contributed by atoms with Crippen molar-refractivity contribution in [2.75, 3.05) is 10.7 Å². The summed E-state index contributed by atoms with van der Waals surface area (Å²) in [6, 6.07) is 18.6. The average molecular weight is 450 g/mol. The summed E-state index contributed by atoms with van der Waals surface area (Å²) >= 11 is 1.82. The number of carbonyl (C=O) groups excluding carboxylic acids is 1. The number of nitrogens with zero attached hydrogens (tertiary/aromatic N) is 3. The molecule has 3 aliphatic rings. The smallest absolute Gasteiger partial charge is 0.225 e. The van der Waals surface area contributed by atoms with E-state index >= 15 is 0 Å². The molecule has 0 aromatic heterocycles. The van der Waals surface area contributed by atoms with Crippen molar-refractivity contribution in [2.45, 2.75) is 70.1 Å². The number of thioether (sulfide) groups is 1. The number of benzene rings is 2. The second kappa shape index (κ2) is 9.57. The monoisotopic (exact) mass is 449 g/mol. The zero-order chi connectivity index (χ0) is 21.9. The van der Waals surface area contributed by atoms with Crippen molar-refractivity contribution in [3.63, 3.8) is 0 Å². The van der Waals surface area contributed by atoms with Crippen LogP contribution >= 0.6 is 11.8 Å². The van der Waals surface area contributed by atoms with Gasteiger partial charge >= 0.3 is 0 Å². The highest BCUT2D eigenvalue weighted by atomic mass is 32.2. The van der Waals surface area contributed by atoms with Gasteiger partial charge in [-0.2, -0.15) is 0 Å². The van der Waals surface area contributed by atoms with E-state index in [0.29, 0.717) is 12.1 Å². The number of para-hydroxylation sites is 1. The van der Waals surface area contributed by atoms with Gasteiger partial charge in [-0.05, 0) is 62.1 Å². The quantitative estimate of drug-likeness (QED) is 0.538. The first-order chi connectivity index (χ1) is 15.7. The molecule has 6 heteroatoms. The Morgan fingerprint density at radius 1 is 0.969 bits per heavy atom. The lowest BCUT2D eigenvalue weighted by Crippen LogP contribution is -2.51. The summed E-state index contributed by atoms with van der Waals surface area (Å²) in [6.07, 6.45) is 8.72. The zero-order valence-electron chi connectivity index (χ0n) is 18.7. The van der Waals surface area contributed by atoms with Crippen LogP contribution in [0.25, 0.3) is 0 Å². The molecule has 3 fully saturated rings. The molecular formula is C26H31N3O2S.